The molecule has 0 amide bonds. The van der Waals surface area contributed by atoms with Gasteiger partial charge in [0.2, 0.25) is 0 Å². The zero-order chi connectivity index (χ0) is 18.0. The molecule has 0 aromatic carbocycles. The second-order valence-corrected chi connectivity index (χ2v) is 6.91. The van der Waals surface area contributed by atoms with Crippen molar-refractivity contribution in [3.8, 4) is 0 Å². The van der Waals surface area contributed by atoms with Crippen LogP contribution in [-0.2, 0) is 26.4 Å². The van der Waals surface area contributed by atoms with Gasteiger partial charge in [-0.1, -0.05) is 0 Å². The fourth-order valence-electron chi connectivity index (χ4n) is 3.06. The molecule has 8 heteroatoms. The minimum absolute atomic E-state index is 0.343. The van der Waals surface area contributed by atoms with Crippen LogP contribution in [0, 0.1) is 6.92 Å². The van der Waals surface area contributed by atoms with E-state index >= 15 is 0 Å². The Hall–Kier alpha value is -2.38. The molecule has 0 saturated carbocycles. The van der Waals surface area contributed by atoms with E-state index < -0.39 is 0 Å². The number of hydrogen-bond acceptors (Lipinski definition) is 4. The average molecular weight is 344 g/mol. The van der Waals surface area contributed by atoms with Crippen molar-refractivity contribution in [2.75, 3.05) is 7.05 Å². The molecule has 0 saturated heterocycles. The molecule has 8 nitrogen and oxygen atoms in total. The lowest BCUT2D eigenvalue weighted by Gasteiger charge is -2.24. The molecule has 25 heavy (non-hydrogen) atoms. The Balaban J connectivity index is 1.58. The highest BCUT2D eigenvalue weighted by Gasteiger charge is 2.23. The van der Waals surface area contributed by atoms with Crippen LogP contribution in [0.3, 0.4) is 0 Å². The highest BCUT2D eigenvalue weighted by atomic mass is 15.3. The summed E-state index contributed by atoms with van der Waals surface area (Å²) in [7, 11) is 3.76. The van der Waals surface area contributed by atoms with Gasteiger partial charge in [-0.15, -0.1) is 10.2 Å². The smallest absolute Gasteiger partial charge is 0.191 e. The third-order valence-electron chi connectivity index (χ3n) is 4.79. The van der Waals surface area contributed by atoms with Gasteiger partial charge in [0.1, 0.15) is 5.82 Å². The van der Waals surface area contributed by atoms with Crippen LogP contribution in [0.2, 0.25) is 0 Å². The molecule has 1 unspecified atom stereocenters. The molecule has 1 atom stereocenters. The van der Waals surface area contributed by atoms with Crippen molar-refractivity contribution in [1.29, 1.82) is 0 Å². The molecule has 1 aliphatic rings. The van der Waals surface area contributed by atoms with Gasteiger partial charge < -0.3 is 15.2 Å². The monoisotopic (exact) mass is 344 g/mol. The van der Waals surface area contributed by atoms with Crippen LogP contribution in [0.25, 0.3) is 0 Å². The van der Waals surface area contributed by atoms with E-state index in [1.807, 2.05) is 18.5 Å². The van der Waals surface area contributed by atoms with Crippen LogP contribution in [0.15, 0.2) is 11.2 Å². The Labute approximate surface area is 148 Å². The van der Waals surface area contributed by atoms with Gasteiger partial charge in [0.25, 0.3) is 0 Å². The summed E-state index contributed by atoms with van der Waals surface area (Å²) in [5.41, 5.74) is 2.58. The lowest BCUT2D eigenvalue weighted by atomic mass is 9.94. The van der Waals surface area contributed by atoms with Crippen LogP contribution >= 0.6 is 0 Å². The van der Waals surface area contributed by atoms with E-state index in [2.05, 4.69) is 50.5 Å². The Bertz CT molecular complexity index is 755. The van der Waals surface area contributed by atoms with Gasteiger partial charge in [0.05, 0.1) is 12.2 Å². The largest absolute Gasteiger partial charge is 0.353 e. The lowest BCUT2D eigenvalue weighted by molar-refractivity contribution is 0.499. The maximum atomic E-state index is 4.74. The van der Waals surface area contributed by atoms with Crippen molar-refractivity contribution in [3.05, 3.63) is 29.1 Å². The molecule has 136 valence electrons. The van der Waals surface area contributed by atoms with Crippen molar-refractivity contribution in [2.24, 2.45) is 12.0 Å². The number of aliphatic imine (C=N–C) groups is 1. The fourth-order valence-corrected chi connectivity index (χ4v) is 3.06. The summed E-state index contributed by atoms with van der Waals surface area (Å²) in [5, 5.41) is 19.8. The Morgan fingerprint density at radius 3 is 2.84 bits per heavy atom. The first-order chi connectivity index (χ1) is 12.0. The Kier molecular flexibility index (Phi) is 5.06. The summed E-state index contributed by atoms with van der Waals surface area (Å²) in [6.07, 6.45) is 5.26. The molecular formula is C17H28N8. The van der Waals surface area contributed by atoms with E-state index in [9.17, 15) is 0 Å². The average Bonchev–Trinajstić information content (AvgIpc) is 3.16. The molecule has 0 bridgehead atoms. The number of aryl methyl sites for hydroxylation is 2. The number of rotatable bonds is 4. The van der Waals surface area contributed by atoms with Gasteiger partial charge in [0, 0.05) is 38.8 Å². The zero-order valence-corrected chi connectivity index (χ0v) is 15.7. The molecular weight excluding hydrogens is 316 g/mol. The highest BCUT2D eigenvalue weighted by Crippen LogP contribution is 2.21. The van der Waals surface area contributed by atoms with Gasteiger partial charge in [-0.3, -0.25) is 9.67 Å². The van der Waals surface area contributed by atoms with Gasteiger partial charge >= 0.3 is 0 Å². The summed E-state index contributed by atoms with van der Waals surface area (Å²) in [6.45, 7) is 6.86. The summed E-state index contributed by atoms with van der Waals surface area (Å²) in [6, 6.07) is 0.747. The summed E-state index contributed by atoms with van der Waals surface area (Å²) in [4.78, 5) is 4.33. The molecule has 3 rings (SSSR count). The van der Waals surface area contributed by atoms with Crippen LogP contribution in [0.5, 0.6) is 0 Å². The standard InChI is InChI=1S/C17H28N8/c1-11(2)25-10-13-6-7-14(8-15(13)23-25)20-17(18-4)19-9-16-22-21-12(3)24(16)5/h10-11,14H,6-9H2,1-5H3,(H2,18,19,20). The van der Waals surface area contributed by atoms with E-state index in [1.54, 1.807) is 7.05 Å². The molecule has 2 N–H and O–H groups in total. The second-order valence-electron chi connectivity index (χ2n) is 6.91. The van der Waals surface area contributed by atoms with Gasteiger partial charge in [-0.25, -0.2) is 0 Å². The summed E-state index contributed by atoms with van der Waals surface area (Å²) >= 11 is 0. The Morgan fingerprint density at radius 2 is 2.20 bits per heavy atom. The first-order valence-corrected chi connectivity index (χ1v) is 8.87. The minimum Gasteiger partial charge on any atom is -0.353 e. The number of nitrogens with zero attached hydrogens (tertiary/aromatic N) is 6. The number of guanidine groups is 1. The normalized spacial score (nSPS) is 17.7. The topological polar surface area (TPSA) is 85.0 Å². The van der Waals surface area contributed by atoms with E-state index in [1.165, 1.54) is 11.3 Å². The third kappa shape index (κ3) is 3.83. The first kappa shape index (κ1) is 17.4. The lowest BCUT2D eigenvalue weighted by Crippen LogP contribution is -2.45. The van der Waals surface area contributed by atoms with E-state index in [4.69, 9.17) is 5.10 Å². The predicted molar refractivity (Wildman–Crippen MR) is 97.5 cm³/mol. The molecule has 0 aliphatic heterocycles. The SMILES string of the molecule is CN=C(NCc1nnc(C)n1C)NC1CCc2cn(C(C)C)nc2C1. The number of aromatic nitrogens is 5. The molecule has 0 radical (unpaired) electrons. The molecule has 2 aromatic heterocycles. The quantitative estimate of drug-likeness (QED) is 0.641. The number of nitrogens with one attached hydrogen (secondary N) is 2. The van der Waals surface area contributed by atoms with Crippen molar-refractivity contribution in [2.45, 2.75) is 58.7 Å². The minimum atomic E-state index is 0.343. The summed E-state index contributed by atoms with van der Waals surface area (Å²) in [5.74, 6) is 2.58. The van der Waals surface area contributed by atoms with Crippen molar-refractivity contribution >= 4 is 5.96 Å². The molecule has 0 spiro atoms. The number of hydrogen-bond donors (Lipinski definition) is 2. The zero-order valence-electron chi connectivity index (χ0n) is 15.7. The highest BCUT2D eigenvalue weighted by molar-refractivity contribution is 5.79. The fraction of sp³-hybridized carbons (Fsp3) is 0.647. The predicted octanol–water partition coefficient (Wildman–Crippen LogP) is 1.12. The molecule has 2 heterocycles. The van der Waals surface area contributed by atoms with E-state index in [0.717, 1.165) is 36.9 Å². The van der Waals surface area contributed by atoms with Crippen LogP contribution < -0.4 is 10.6 Å². The first-order valence-electron chi connectivity index (χ1n) is 8.87. The van der Waals surface area contributed by atoms with Crippen molar-refractivity contribution in [3.63, 3.8) is 0 Å². The van der Waals surface area contributed by atoms with Gasteiger partial charge in [-0.2, -0.15) is 5.10 Å². The molecule has 0 fully saturated rings. The van der Waals surface area contributed by atoms with E-state index in [-0.39, 0.29) is 0 Å². The van der Waals surface area contributed by atoms with Crippen LogP contribution in [0.1, 0.15) is 49.2 Å². The van der Waals surface area contributed by atoms with Gasteiger partial charge in [0.15, 0.2) is 11.8 Å². The third-order valence-corrected chi connectivity index (χ3v) is 4.79. The summed E-state index contributed by atoms with van der Waals surface area (Å²) < 4.78 is 4.04. The number of fused-ring (bicyclic) bond motifs is 1. The second kappa shape index (κ2) is 7.25. The van der Waals surface area contributed by atoms with Crippen molar-refractivity contribution < 1.29 is 0 Å². The molecule has 2 aromatic rings. The Morgan fingerprint density at radius 1 is 1.40 bits per heavy atom. The van der Waals surface area contributed by atoms with Crippen LogP contribution in [0.4, 0.5) is 0 Å². The van der Waals surface area contributed by atoms with Gasteiger partial charge in [-0.05, 0) is 39.2 Å². The molecule has 1 aliphatic carbocycles. The maximum absolute atomic E-state index is 4.74. The maximum Gasteiger partial charge on any atom is 0.191 e. The van der Waals surface area contributed by atoms with Crippen LogP contribution in [-0.4, -0.2) is 43.6 Å². The van der Waals surface area contributed by atoms with Crippen molar-refractivity contribution in [1.82, 2.24) is 35.2 Å². The van der Waals surface area contributed by atoms with E-state index in [0.29, 0.717) is 18.6 Å².